The van der Waals surface area contributed by atoms with Crippen LogP contribution < -0.4 is 14.8 Å². The van der Waals surface area contributed by atoms with Crippen molar-refractivity contribution >= 4 is 11.6 Å². The molecule has 0 saturated carbocycles. The summed E-state index contributed by atoms with van der Waals surface area (Å²) in [4.78, 5) is 0. The highest BCUT2D eigenvalue weighted by atomic mass is 35.5. The fourth-order valence-corrected chi connectivity index (χ4v) is 1.93. The van der Waals surface area contributed by atoms with Gasteiger partial charge in [-0.1, -0.05) is 17.5 Å². The van der Waals surface area contributed by atoms with E-state index in [0.29, 0.717) is 36.3 Å². The molecule has 0 radical (unpaired) electrons. The summed E-state index contributed by atoms with van der Waals surface area (Å²) in [5, 5.41) is 3.84. The lowest BCUT2D eigenvalue weighted by Crippen LogP contribution is -2.36. The minimum atomic E-state index is -0.347. The smallest absolute Gasteiger partial charge is 0.179 e. The molecule has 0 atom stereocenters. The first kappa shape index (κ1) is 13.1. The summed E-state index contributed by atoms with van der Waals surface area (Å²) in [5.74, 6) is 4.01. The van der Waals surface area contributed by atoms with Gasteiger partial charge in [0.15, 0.2) is 11.5 Å². The molecule has 0 bridgehead atoms. The number of hydrogen-bond acceptors (Lipinski definition) is 3. The predicted octanol–water partition coefficient (Wildman–Crippen LogP) is 2.61. The molecule has 96 valence electrons. The number of halogens is 1. The van der Waals surface area contributed by atoms with E-state index in [4.69, 9.17) is 27.5 Å². The van der Waals surface area contributed by atoms with Crippen molar-refractivity contribution in [2.24, 2.45) is 0 Å². The van der Waals surface area contributed by atoms with E-state index in [1.807, 2.05) is 26.0 Å². The van der Waals surface area contributed by atoms with Gasteiger partial charge in [0, 0.05) is 6.54 Å². The van der Waals surface area contributed by atoms with E-state index >= 15 is 0 Å². The topological polar surface area (TPSA) is 30.5 Å². The number of fused-ring (bicyclic) bond motifs is 1. The van der Waals surface area contributed by atoms with Crippen molar-refractivity contribution in [3.8, 4) is 23.8 Å². The fourth-order valence-electron chi connectivity index (χ4n) is 1.64. The molecule has 1 aliphatic heterocycles. The van der Waals surface area contributed by atoms with E-state index in [-0.39, 0.29) is 5.54 Å². The van der Waals surface area contributed by atoms with Crippen molar-refractivity contribution < 1.29 is 9.47 Å². The maximum absolute atomic E-state index is 6.16. The average molecular weight is 266 g/mol. The highest BCUT2D eigenvalue weighted by molar-refractivity contribution is 6.32. The third-order valence-electron chi connectivity index (χ3n) is 2.75. The second-order valence-electron chi connectivity index (χ2n) is 4.72. The van der Waals surface area contributed by atoms with Gasteiger partial charge >= 0.3 is 0 Å². The molecule has 0 saturated heterocycles. The van der Waals surface area contributed by atoms with Crippen LogP contribution >= 0.6 is 11.6 Å². The van der Waals surface area contributed by atoms with Crippen molar-refractivity contribution in [3.05, 3.63) is 22.7 Å². The van der Waals surface area contributed by atoms with Gasteiger partial charge in [0.05, 0.1) is 10.6 Å². The molecule has 0 aliphatic carbocycles. The van der Waals surface area contributed by atoms with Crippen LogP contribution in [0.15, 0.2) is 12.1 Å². The predicted molar refractivity (Wildman–Crippen MR) is 72.2 cm³/mol. The molecule has 1 aliphatic rings. The van der Waals surface area contributed by atoms with Crippen LogP contribution in [0.2, 0.25) is 5.02 Å². The van der Waals surface area contributed by atoms with Crippen LogP contribution in [0.5, 0.6) is 11.5 Å². The molecule has 3 nitrogen and oxygen atoms in total. The second-order valence-corrected chi connectivity index (χ2v) is 5.13. The van der Waals surface area contributed by atoms with Gasteiger partial charge in [0.1, 0.15) is 13.2 Å². The van der Waals surface area contributed by atoms with Crippen molar-refractivity contribution in [3.63, 3.8) is 0 Å². The lowest BCUT2D eigenvalue weighted by molar-refractivity contribution is 0.171. The maximum Gasteiger partial charge on any atom is 0.179 e. The Bertz CT molecular complexity index is 491. The zero-order valence-corrected chi connectivity index (χ0v) is 11.3. The summed E-state index contributed by atoms with van der Waals surface area (Å²) in [6, 6.07) is 3.80. The van der Waals surface area contributed by atoms with Crippen molar-refractivity contribution in [2.45, 2.75) is 25.9 Å². The molecule has 18 heavy (non-hydrogen) atoms. The second kappa shape index (κ2) is 5.09. The van der Waals surface area contributed by atoms with Gasteiger partial charge in [-0.05, 0) is 31.5 Å². The lowest BCUT2D eigenvalue weighted by atomic mass is 10.1. The number of ether oxygens (including phenoxy) is 2. The minimum Gasteiger partial charge on any atom is -0.486 e. The molecular weight excluding hydrogens is 250 g/mol. The molecule has 2 rings (SSSR count). The monoisotopic (exact) mass is 265 g/mol. The van der Waals surface area contributed by atoms with E-state index in [1.54, 1.807) is 0 Å². The van der Waals surface area contributed by atoms with Gasteiger partial charge in [0.25, 0.3) is 0 Å². The first-order chi connectivity index (χ1) is 8.52. The maximum atomic E-state index is 6.16. The summed E-state index contributed by atoms with van der Waals surface area (Å²) in [6.45, 7) is 5.62. The minimum absolute atomic E-state index is 0.347. The molecule has 0 aromatic heterocycles. The first-order valence-corrected chi connectivity index (χ1v) is 6.20. The van der Waals surface area contributed by atoms with Crippen LogP contribution in [-0.4, -0.2) is 18.8 Å². The highest BCUT2D eigenvalue weighted by Crippen LogP contribution is 2.38. The normalized spacial score (nSPS) is 14.1. The molecule has 4 heteroatoms. The van der Waals surface area contributed by atoms with Gasteiger partial charge in [-0.2, -0.15) is 0 Å². The van der Waals surface area contributed by atoms with Crippen LogP contribution in [0.3, 0.4) is 0 Å². The van der Waals surface area contributed by atoms with Crippen LogP contribution in [0.4, 0.5) is 0 Å². The summed E-state index contributed by atoms with van der Waals surface area (Å²) < 4.78 is 11.0. The van der Waals surface area contributed by atoms with Gasteiger partial charge < -0.3 is 9.47 Å². The van der Waals surface area contributed by atoms with Gasteiger partial charge in [-0.15, -0.1) is 6.42 Å². The third-order valence-corrected chi connectivity index (χ3v) is 3.03. The van der Waals surface area contributed by atoms with E-state index in [2.05, 4.69) is 11.2 Å². The Kier molecular flexibility index (Phi) is 3.70. The van der Waals surface area contributed by atoms with Crippen LogP contribution in [0, 0.1) is 12.3 Å². The first-order valence-electron chi connectivity index (χ1n) is 5.83. The SMILES string of the molecule is C#CC(C)(C)NCc1cc(Cl)c2c(c1)OCCO2. The zero-order valence-electron chi connectivity index (χ0n) is 10.5. The lowest BCUT2D eigenvalue weighted by Gasteiger charge is -2.22. The van der Waals surface area contributed by atoms with E-state index in [0.717, 1.165) is 5.56 Å². The molecule has 1 heterocycles. The van der Waals surface area contributed by atoms with Crippen LogP contribution in [-0.2, 0) is 6.54 Å². The molecular formula is C14H16ClNO2. The Labute approximate surface area is 112 Å². The zero-order chi connectivity index (χ0) is 13.2. The van der Waals surface area contributed by atoms with Crippen LogP contribution in [0.25, 0.3) is 0 Å². The fraction of sp³-hybridized carbons (Fsp3) is 0.429. The van der Waals surface area contributed by atoms with Crippen molar-refractivity contribution in [2.75, 3.05) is 13.2 Å². The Morgan fingerprint density at radius 2 is 2.11 bits per heavy atom. The summed E-state index contributed by atoms with van der Waals surface area (Å²) in [6.07, 6.45) is 5.43. The molecule has 0 unspecified atom stereocenters. The number of terminal acetylenes is 1. The number of rotatable bonds is 3. The Balaban J connectivity index is 2.16. The van der Waals surface area contributed by atoms with Gasteiger partial charge in [-0.3, -0.25) is 5.32 Å². The van der Waals surface area contributed by atoms with Crippen molar-refractivity contribution in [1.82, 2.24) is 5.32 Å². The Morgan fingerprint density at radius 3 is 2.83 bits per heavy atom. The average Bonchev–Trinajstić information content (AvgIpc) is 2.37. The Hall–Kier alpha value is -1.37. The quantitative estimate of drug-likeness (QED) is 0.853. The van der Waals surface area contributed by atoms with Crippen molar-refractivity contribution in [1.29, 1.82) is 0 Å². The number of nitrogens with one attached hydrogen (secondary N) is 1. The van der Waals surface area contributed by atoms with E-state index in [1.165, 1.54) is 0 Å². The summed E-state index contributed by atoms with van der Waals surface area (Å²) in [7, 11) is 0. The van der Waals surface area contributed by atoms with E-state index in [9.17, 15) is 0 Å². The molecule has 1 aromatic carbocycles. The third kappa shape index (κ3) is 2.90. The number of hydrogen-bond donors (Lipinski definition) is 1. The summed E-state index contributed by atoms with van der Waals surface area (Å²) in [5.41, 5.74) is 0.673. The molecule has 0 spiro atoms. The van der Waals surface area contributed by atoms with Gasteiger partial charge in [0.2, 0.25) is 0 Å². The molecule has 1 aromatic rings. The molecule has 0 amide bonds. The standard InChI is InChI=1S/C14H16ClNO2/c1-4-14(2,3)16-9-10-7-11(15)13-12(8-10)17-5-6-18-13/h1,7-8,16H,5-6,9H2,2-3H3. The highest BCUT2D eigenvalue weighted by Gasteiger charge is 2.18. The van der Waals surface area contributed by atoms with Gasteiger partial charge in [-0.25, -0.2) is 0 Å². The summed E-state index contributed by atoms with van der Waals surface area (Å²) >= 11 is 6.16. The Morgan fingerprint density at radius 1 is 1.39 bits per heavy atom. The van der Waals surface area contributed by atoms with E-state index < -0.39 is 0 Å². The number of benzene rings is 1. The molecule has 0 fully saturated rings. The molecule has 1 N–H and O–H groups in total. The van der Waals surface area contributed by atoms with Crippen LogP contribution in [0.1, 0.15) is 19.4 Å². The largest absolute Gasteiger partial charge is 0.486 e.